The molecule has 1 fully saturated rings. The van der Waals surface area contributed by atoms with Crippen LogP contribution in [0.2, 0.25) is 0 Å². The molecule has 94 valence electrons. The summed E-state index contributed by atoms with van der Waals surface area (Å²) in [6.45, 7) is 6.79. The molecule has 0 aromatic carbocycles. The quantitative estimate of drug-likeness (QED) is 0.837. The summed E-state index contributed by atoms with van der Waals surface area (Å²) < 4.78 is 0. The van der Waals surface area contributed by atoms with E-state index in [-0.39, 0.29) is 0 Å². The molecule has 0 radical (unpaired) electrons. The summed E-state index contributed by atoms with van der Waals surface area (Å²) in [6.07, 6.45) is 9.06. The summed E-state index contributed by atoms with van der Waals surface area (Å²) >= 11 is 0. The van der Waals surface area contributed by atoms with Crippen LogP contribution in [-0.2, 0) is 6.54 Å². The van der Waals surface area contributed by atoms with E-state index in [0.29, 0.717) is 6.04 Å². The highest BCUT2D eigenvalue weighted by Gasteiger charge is 2.17. The molecule has 0 bridgehead atoms. The lowest BCUT2D eigenvalue weighted by Crippen LogP contribution is -2.42. The number of hydrogen-bond acceptors (Lipinski definition) is 4. The third-order valence-electron chi connectivity index (χ3n) is 3.32. The summed E-state index contributed by atoms with van der Waals surface area (Å²) in [6, 6.07) is 0.644. The molecule has 1 aliphatic heterocycles. The van der Waals surface area contributed by atoms with E-state index in [1.165, 1.54) is 38.9 Å². The van der Waals surface area contributed by atoms with E-state index in [4.69, 9.17) is 0 Å². The Bertz CT molecular complexity index is 306. The van der Waals surface area contributed by atoms with E-state index >= 15 is 0 Å². The van der Waals surface area contributed by atoms with Crippen LogP contribution in [0, 0.1) is 0 Å². The number of nitrogens with one attached hydrogen (secondary N) is 1. The van der Waals surface area contributed by atoms with Gasteiger partial charge in [-0.25, -0.2) is 0 Å². The maximum Gasteiger partial charge on any atom is 0.0724 e. The van der Waals surface area contributed by atoms with Crippen molar-refractivity contribution in [1.29, 1.82) is 0 Å². The SMILES string of the molecule is CCCN1CCC(NCc2cnccn2)CC1. The zero-order chi connectivity index (χ0) is 11.9. The van der Waals surface area contributed by atoms with Gasteiger partial charge in [-0.2, -0.15) is 0 Å². The molecule has 0 amide bonds. The van der Waals surface area contributed by atoms with E-state index in [0.717, 1.165) is 12.2 Å². The van der Waals surface area contributed by atoms with Gasteiger partial charge in [0.2, 0.25) is 0 Å². The first-order valence-corrected chi connectivity index (χ1v) is 6.59. The van der Waals surface area contributed by atoms with E-state index in [1.807, 2.05) is 6.20 Å². The zero-order valence-corrected chi connectivity index (χ0v) is 10.6. The molecule has 2 rings (SSSR count). The van der Waals surface area contributed by atoms with Gasteiger partial charge in [0, 0.05) is 31.2 Å². The Hall–Kier alpha value is -1.00. The zero-order valence-electron chi connectivity index (χ0n) is 10.6. The molecule has 1 aromatic heterocycles. The van der Waals surface area contributed by atoms with Gasteiger partial charge in [-0.05, 0) is 38.9 Å². The lowest BCUT2D eigenvalue weighted by molar-refractivity contribution is 0.197. The average molecular weight is 234 g/mol. The first-order valence-electron chi connectivity index (χ1n) is 6.59. The Labute approximate surface area is 103 Å². The molecule has 1 aromatic rings. The molecule has 1 N–H and O–H groups in total. The maximum atomic E-state index is 4.27. The van der Waals surface area contributed by atoms with Crippen LogP contribution in [0.1, 0.15) is 31.9 Å². The molecular formula is C13H22N4. The molecule has 1 aliphatic rings. The van der Waals surface area contributed by atoms with Crippen molar-refractivity contribution in [1.82, 2.24) is 20.2 Å². The van der Waals surface area contributed by atoms with Crippen LogP contribution < -0.4 is 5.32 Å². The standard InChI is InChI=1S/C13H22N4/c1-2-7-17-8-3-12(4-9-17)16-11-13-10-14-5-6-15-13/h5-6,10,12,16H,2-4,7-9,11H2,1H3. The molecule has 0 atom stereocenters. The van der Waals surface area contributed by atoms with E-state index in [9.17, 15) is 0 Å². The van der Waals surface area contributed by atoms with Crippen LogP contribution in [0.4, 0.5) is 0 Å². The van der Waals surface area contributed by atoms with Crippen LogP contribution >= 0.6 is 0 Å². The first-order chi connectivity index (χ1) is 8.38. The maximum absolute atomic E-state index is 4.27. The minimum absolute atomic E-state index is 0.644. The second kappa shape index (κ2) is 6.67. The summed E-state index contributed by atoms with van der Waals surface area (Å²) in [5.74, 6) is 0. The molecular weight excluding hydrogens is 212 g/mol. The van der Waals surface area contributed by atoms with Crippen molar-refractivity contribution in [2.45, 2.75) is 38.8 Å². The molecule has 17 heavy (non-hydrogen) atoms. The van der Waals surface area contributed by atoms with Crippen LogP contribution in [0.5, 0.6) is 0 Å². The highest BCUT2D eigenvalue weighted by atomic mass is 15.1. The van der Waals surface area contributed by atoms with Crippen molar-refractivity contribution >= 4 is 0 Å². The molecule has 2 heterocycles. The second-order valence-electron chi connectivity index (χ2n) is 4.69. The van der Waals surface area contributed by atoms with Crippen molar-refractivity contribution in [2.24, 2.45) is 0 Å². The second-order valence-corrected chi connectivity index (χ2v) is 4.69. The molecule has 0 unspecified atom stereocenters. The van der Waals surface area contributed by atoms with Crippen LogP contribution in [0.25, 0.3) is 0 Å². The lowest BCUT2D eigenvalue weighted by atomic mass is 10.0. The summed E-state index contributed by atoms with van der Waals surface area (Å²) in [5.41, 5.74) is 1.03. The van der Waals surface area contributed by atoms with Gasteiger partial charge >= 0.3 is 0 Å². The average Bonchev–Trinajstić information content (AvgIpc) is 2.40. The fraction of sp³-hybridized carbons (Fsp3) is 0.692. The van der Waals surface area contributed by atoms with E-state index in [1.54, 1.807) is 12.4 Å². The van der Waals surface area contributed by atoms with Gasteiger partial charge in [-0.1, -0.05) is 6.92 Å². The third kappa shape index (κ3) is 4.06. The van der Waals surface area contributed by atoms with E-state index < -0.39 is 0 Å². The van der Waals surface area contributed by atoms with Crippen LogP contribution in [0.3, 0.4) is 0 Å². The number of aromatic nitrogens is 2. The molecule has 4 heteroatoms. The Morgan fingerprint density at radius 3 is 2.82 bits per heavy atom. The van der Waals surface area contributed by atoms with Gasteiger partial charge in [0.15, 0.2) is 0 Å². The van der Waals surface area contributed by atoms with E-state index in [2.05, 4.69) is 27.1 Å². The van der Waals surface area contributed by atoms with Crippen molar-refractivity contribution < 1.29 is 0 Å². The normalized spacial score (nSPS) is 18.4. The van der Waals surface area contributed by atoms with Crippen LogP contribution in [0.15, 0.2) is 18.6 Å². The highest BCUT2D eigenvalue weighted by molar-refractivity contribution is 4.94. The van der Waals surface area contributed by atoms with Crippen molar-refractivity contribution in [3.63, 3.8) is 0 Å². The van der Waals surface area contributed by atoms with Gasteiger partial charge in [-0.15, -0.1) is 0 Å². The number of rotatable bonds is 5. The smallest absolute Gasteiger partial charge is 0.0724 e. The number of piperidine rings is 1. The van der Waals surface area contributed by atoms with Gasteiger partial charge in [0.25, 0.3) is 0 Å². The monoisotopic (exact) mass is 234 g/mol. The Morgan fingerprint density at radius 2 is 2.18 bits per heavy atom. The summed E-state index contributed by atoms with van der Waals surface area (Å²) in [5, 5.41) is 3.57. The van der Waals surface area contributed by atoms with Gasteiger partial charge < -0.3 is 10.2 Å². The van der Waals surface area contributed by atoms with Crippen molar-refractivity contribution in [2.75, 3.05) is 19.6 Å². The Balaban J connectivity index is 1.68. The summed E-state index contributed by atoms with van der Waals surface area (Å²) in [7, 11) is 0. The summed E-state index contributed by atoms with van der Waals surface area (Å²) in [4.78, 5) is 10.9. The first kappa shape index (κ1) is 12.5. The Morgan fingerprint density at radius 1 is 1.35 bits per heavy atom. The largest absolute Gasteiger partial charge is 0.308 e. The minimum atomic E-state index is 0.644. The number of nitrogens with zero attached hydrogens (tertiary/aromatic N) is 3. The fourth-order valence-electron chi connectivity index (χ4n) is 2.35. The topological polar surface area (TPSA) is 41.0 Å². The van der Waals surface area contributed by atoms with Crippen molar-refractivity contribution in [3.05, 3.63) is 24.3 Å². The highest BCUT2D eigenvalue weighted by Crippen LogP contribution is 2.10. The predicted molar refractivity (Wildman–Crippen MR) is 68.6 cm³/mol. The Kier molecular flexibility index (Phi) is 4.88. The van der Waals surface area contributed by atoms with Crippen molar-refractivity contribution in [3.8, 4) is 0 Å². The van der Waals surface area contributed by atoms with Gasteiger partial charge in [0.1, 0.15) is 0 Å². The molecule has 0 aliphatic carbocycles. The number of likely N-dealkylation sites (tertiary alicyclic amines) is 1. The minimum Gasteiger partial charge on any atom is -0.308 e. The van der Waals surface area contributed by atoms with Gasteiger partial charge in [0.05, 0.1) is 5.69 Å². The predicted octanol–water partition coefficient (Wildman–Crippen LogP) is 1.44. The molecule has 4 nitrogen and oxygen atoms in total. The molecule has 0 saturated carbocycles. The third-order valence-corrected chi connectivity index (χ3v) is 3.32. The lowest BCUT2D eigenvalue weighted by Gasteiger charge is -2.32. The molecule has 0 spiro atoms. The number of hydrogen-bond donors (Lipinski definition) is 1. The fourth-order valence-corrected chi connectivity index (χ4v) is 2.35. The van der Waals surface area contributed by atoms with Crippen LogP contribution in [-0.4, -0.2) is 40.5 Å². The van der Waals surface area contributed by atoms with Gasteiger partial charge in [-0.3, -0.25) is 9.97 Å². The molecule has 1 saturated heterocycles.